The molecule has 2 aromatic rings. The summed E-state index contributed by atoms with van der Waals surface area (Å²) in [7, 11) is 0. The van der Waals surface area contributed by atoms with E-state index in [0.717, 1.165) is 5.56 Å². The summed E-state index contributed by atoms with van der Waals surface area (Å²) in [4.78, 5) is 10.7. The van der Waals surface area contributed by atoms with Gasteiger partial charge in [0, 0.05) is 12.6 Å². The van der Waals surface area contributed by atoms with E-state index in [-0.39, 0.29) is 11.5 Å². The third kappa shape index (κ3) is 3.50. The number of nitrogens with zero attached hydrogens (tertiary/aromatic N) is 1. The van der Waals surface area contributed by atoms with Crippen molar-refractivity contribution in [1.82, 2.24) is 0 Å². The smallest absolute Gasteiger partial charge is 0.296 e. The van der Waals surface area contributed by atoms with E-state index in [1.54, 1.807) is 18.2 Å². The maximum atomic E-state index is 12.9. The molecule has 0 radical (unpaired) electrons. The molecule has 0 aliphatic carbocycles. The van der Waals surface area contributed by atoms with Crippen LogP contribution >= 0.6 is 0 Å². The number of rotatable bonds is 5. The fraction of sp³-hybridized carbons (Fsp3) is 0.250. The molecule has 3 rings (SSSR count). The van der Waals surface area contributed by atoms with Crippen molar-refractivity contribution in [2.45, 2.75) is 6.42 Å². The van der Waals surface area contributed by atoms with Crippen molar-refractivity contribution in [2.24, 2.45) is 0 Å². The summed E-state index contributed by atoms with van der Waals surface area (Å²) in [5, 5.41) is 14.2. The summed E-state index contributed by atoms with van der Waals surface area (Å²) in [6.07, 6.45) is 0.617. The average molecular weight is 318 g/mol. The number of fused-ring (bicyclic) bond motifs is 1. The van der Waals surface area contributed by atoms with E-state index >= 15 is 0 Å². The van der Waals surface area contributed by atoms with E-state index < -0.39 is 4.92 Å². The Labute approximate surface area is 132 Å². The number of halogens is 1. The van der Waals surface area contributed by atoms with Gasteiger partial charge in [0.1, 0.15) is 24.7 Å². The van der Waals surface area contributed by atoms with Gasteiger partial charge in [-0.3, -0.25) is 10.1 Å². The first-order chi connectivity index (χ1) is 11.1. The number of nitro groups is 1. The number of nitro benzene ring substituents is 1. The van der Waals surface area contributed by atoms with Crippen LogP contribution in [0.15, 0.2) is 36.4 Å². The van der Waals surface area contributed by atoms with Gasteiger partial charge in [0.2, 0.25) is 0 Å². The van der Waals surface area contributed by atoms with E-state index in [9.17, 15) is 14.5 Å². The molecule has 120 valence electrons. The van der Waals surface area contributed by atoms with Gasteiger partial charge >= 0.3 is 0 Å². The zero-order valence-electron chi connectivity index (χ0n) is 12.3. The minimum absolute atomic E-state index is 0.0617. The Balaban J connectivity index is 1.73. The SMILES string of the molecule is O=[N+]([O-])c1cc2c(cc1NCCc1ccc(F)cc1)OCCO2. The first-order valence-electron chi connectivity index (χ1n) is 7.20. The first-order valence-corrected chi connectivity index (χ1v) is 7.20. The molecule has 0 saturated heterocycles. The summed E-state index contributed by atoms with van der Waals surface area (Å²) in [6, 6.07) is 9.11. The minimum atomic E-state index is -0.460. The van der Waals surface area contributed by atoms with Crippen LogP contribution in [-0.4, -0.2) is 24.7 Å². The minimum Gasteiger partial charge on any atom is -0.486 e. The van der Waals surface area contributed by atoms with Crippen LogP contribution in [0.25, 0.3) is 0 Å². The Bertz CT molecular complexity index is 719. The first kappa shape index (κ1) is 15.1. The highest BCUT2D eigenvalue weighted by atomic mass is 19.1. The van der Waals surface area contributed by atoms with E-state index in [2.05, 4.69) is 5.32 Å². The summed E-state index contributed by atoms with van der Waals surface area (Å²) < 4.78 is 23.7. The van der Waals surface area contributed by atoms with Crippen LogP contribution < -0.4 is 14.8 Å². The molecule has 0 amide bonds. The third-order valence-electron chi connectivity index (χ3n) is 3.50. The van der Waals surface area contributed by atoms with Gasteiger partial charge < -0.3 is 14.8 Å². The predicted molar refractivity (Wildman–Crippen MR) is 82.7 cm³/mol. The molecule has 7 heteroatoms. The normalized spacial score (nSPS) is 12.7. The topological polar surface area (TPSA) is 73.6 Å². The molecule has 0 bridgehead atoms. The molecule has 1 aliphatic rings. The Hall–Kier alpha value is -2.83. The Morgan fingerprint density at radius 3 is 2.43 bits per heavy atom. The molecule has 0 unspecified atom stereocenters. The van der Waals surface area contributed by atoms with E-state index in [1.165, 1.54) is 18.2 Å². The fourth-order valence-corrected chi connectivity index (χ4v) is 2.36. The van der Waals surface area contributed by atoms with Crippen molar-refractivity contribution >= 4 is 11.4 Å². The number of hydrogen-bond donors (Lipinski definition) is 1. The van der Waals surface area contributed by atoms with Crippen molar-refractivity contribution in [3.8, 4) is 11.5 Å². The third-order valence-corrected chi connectivity index (χ3v) is 3.50. The lowest BCUT2D eigenvalue weighted by molar-refractivity contribution is -0.384. The van der Waals surface area contributed by atoms with Crippen molar-refractivity contribution in [1.29, 1.82) is 0 Å². The van der Waals surface area contributed by atoms with Gasteiger partial charge in [-0.15, -0.1) is 0 Å². The van der Waals surface area contributed by atoms with Crippen LogP contribution in [0.2, 0.25) is 0 Å². The lowest BCUT2D eigenvalue weighted by atomic mass is 10.1. The van der Waals surface area contributed by atoms with Crippen LogP contribution in [0.3, 0.4) is 0 Å². The van der Waals surface area contributed by atoms with Crippen molar-refractivity contribution in [3.63, 3.8) is 0 Å². The van der Waals surface area contributed by atoms with Crippen LogP contribution in [0.4, 0.5) is 15.8 Å². The van der Waals surface area contributed by atoms with Gasteiger partial charge in [0.15, 0.2) is 11.5 Å². The zero-order valence-corrected chi connectivity index (χ0v) is 12.3. The highest BCUT2D eigenvalue weighted by Crippen LogP contribution is 2.39. The number of hydrogen-bond acceptors (Lipinski definition) is 5. The second-order valence-electron chi connectivity index (χ2n) is 5.07. The predicted octanol–water partition coefficient (Wildman–Crippen LogP) is 3.16. The fourth-order valence-electron chi connectivity index (χ4n) is 2.36. The number of anilines is 1. The zero-order chi connectivity index (χ0) is 16.2. The summed E-state index contributed by atoms with van der Waals surface area (Å²) >= 11 is 0. The van der Waals surface area contributed by atoms with Crippen molar-refractivity contribution < 1.29 is 18.8 Å². The standard InChI is InChI=1S/C16H15FN2O4/c17-12-3-1-11(2-4-12)5-6-18-13-9-15-16(23-8-7-22-15)10-14(13)19(20)21/h1-4,9-10,18H,5-8H2. The summed E-state index contributed by atoms with van der Waals surface area (Å²) in [5.74, 6) is 0.586. The quantitative estimate of drug-likeness (QED) is 0.677. The molecule has 1 heterocycles. The maximum absolute atomic E-state index is 12.9. The molecule has 0 aromatic heterocycles. The van der Waals surface area contributed by atoms with Gasteiger partial charge in [0.25, 0.3) is 5.69 Å². The lowest BCUT2D eigenvalue weighted by Crippen LogP contribution is -2.16. The largest absolute Gasteiger partial charge is 0.486 e. The second kappa shape index (κ2) is 6.51. The molecule has 0 saturated carbocycles. The maximum Gasteiger partial charge on any atom is 0.296 e. The molecule has 0 fully saturated rings. The summed E-state index contributed by atoms with van der Waals surface area (Å²) in [6.45, 7) is 1.27. The van der Waals surface area contributed by atoms with Gasteiger partial charge in [-0.1, -0.05) is 12.1 Å². The highest BCUT2D eigenvalue weighted by molar-refractivity contribution is 5.68. The Kier molecular flexibility index (Phi) is 4.27. The Morgan fingerprint density at radius 1 is 1.13 bits per heavy atom. The van der Waals surface area contributed by atoms with Crippen LogP contribution in [-0.2, 0) is 6.42 Å². The summed E-state index contributed by atoms with van der Waals surface area (Å²) in [5.41, 5.74) is 1.26. The van der Waals surface area contributed by atoms with Crippen LogP contribution in [0.5, 0.6) is 11.5 Å². The van der Waals surface area contributed by atoms with Crippen LogP contribution in [0.1, 0.15) is 5.56 Å². The number of ether oxygens (including phenoxy) is 2. The number of benzene rings is 2. The highest BCUT2D eigenvalue weighted by Gasteiger charge is 2.22. The van der Waals surface area contributed by atoms with Gasteiger partial charge in [-0.05, 0) is 24.1 Å². The van der Waals surface area contributed by atoms with E-state index in [4.69, 9.17) is 9.47 Å². The molecule has 2 aromatic carbocycles. The van der Waals surface area contributed by atoms with Gasteiger partial charge in [-0.2, -0.15) is 0 Å². The number of nitrogens with one attached hydrogen (secondary N) is 1. The van der Waals surface area contributed by atoms with Crippen LogP contribution in [0, 0.1) is 15.9 Å². The van der Waals surface area contributed by atoms with Crippen molar-refractivity contribution in [2.75, 3.05) is 25.1 Å². The monoisotopic (exact) mass is 318 g/mol. The molecule has 1 aliphatic heterocycles. The van der Waals surface area contributed by atoms with E-state index in [1.807, 2.05) is 0 Å². The molecule has 0 spiro atoms. The second-order valence-corrected chi connectivity index (χ2v) is 5.07. The van der Waals surface area contributed by atoms with E-state index in [0.29, 0.717) is 43.4 Å². The molecular weight excluding hydrogens is 303 g/mol. The van der Waals surface area contributed by atoms with Crippen molar-refractivity contribution in [3.05, 3.63) is 57.9 Å². The molecule has 1 N–H and O–H groups in total. The van der Waals surface area contributed by atoms with Gasteiger partial charge in [0.05, 0.1) is 11.0 Å². The lowest BCUT2D eigenvalue weighted by Gasteiger charge is -2.19. The molecule has 23 heavy (non-hydrogen) atoms. The Morgan fingerprint density at radius 2 is 1.78 bits per heavy atom. The van der Waals surface area contributed by atoms with Gasteiger partial charge in [-0.25, -0.2) is 4.39 Å². The molecule has 6 nitrogen and oxygen atoms in total. The molecular formula is C16H15FN2O4. The average Bonchev–Trinajstić information content (AvgIpc) is 2.56. The molecule has 0 atom stereocenters.